The van der Waals surface area contributed by atoms with Gasteiger partial charge in [0.2, 0.25) is 0 Å². The predicted octanol–water partition coefficient (Wildman–Crippen LogP) is 4.36. The molecule has 120 valence electrons. The highest BCUT2D eigenvalue weighted by Gasteiger charge is 2.27. The van der Waals surface area contributed by atoms with Crippen molar-refractivity contribution in [2.75, 3.05) is 7.11 Å². The van der Waals surface area contributed by atoms with Gasteiger partial charge in [-0.25, -0.2) is 0 Å². The lowest BCUT2D eigenvalue weighted by Crippen LogP contribution is -2.32. The summed E-state index contributed by atoms with van der Waals surface area (Å²) >= 11 is 0. The van der Waals surface area contributed by atoms with Crippen LogP contribution in [0.25, 0.3) is 0 Å². The second-order valence-corrected chi connectivity index (χ2v) is 6.14. The SMILES string of the molecule is COc1cccc(C(=O)N[C@@H](c2ccccc2)C2CCCC2)c1. The highest BCUT2D eigenvalue weighted by molar-refractivity contribution is 5.94. The molecule has 0 bridgehead atoms. The van der Waals surface area contributed by atoms with Crippen LogP contribution < -0.4 is 10.1 Å². The summed E-state index contributed by atoms with van der Waals surface area (Å²) in [4.78, 5) is 12.7. The quantitative estimate of drug-likeness (QED) is 0.891. The summed E-state index contributed by atoms with van der Waals surface area (Å²) in [5.41, 5.74) is 1.83. The summed E-state index contributed by atoms with van der Waals surface area (Å²) in [6, 6.07) is 17.7. The molecule has 1 aliphatic rings. The number of carbonyl (C=O) groups excluding carboxylic acids is 1. The van der Waals surface area contributed by atoms with Crippen LogP contribution in [0.15, 0.2) is 54.6 Å². The van der Waals surface area contributed by atoms with Crippen LogP contribution in [0.2, 0.25) is 0 Å². The summed E-state index contributed by atoms with van der Waals surface area (Å²) in [7, 11) is 1.61. The maximum atomic E-state index is 12.7. The molecule has 0 unspecified atom stereocenters. The first-order chi connectivity index (χ1) is 11.3. The van der Waals surface area contributed by atoms with E-state index in [9.17, 15) is 4.79 Å². The number of carbonyl (C=O) groups is 1. The Bertz CT molecular complexity index is 648. The molecule has 1 fully saturated rings. The van der Waals surface area contributed by atoms with Crippen LogP contribution in [0.3, 0.4) is 0 Å². The molecule has 0 heterocycles. The fourth-order valence-corrected chi connectivity index (χ4v) is 3.41. The van der Waals surface area contributed by atoms with Crippen molar-refractivity contribution in [3.63, 3.8) is 0 Å². The third kappa shape index (κ3) is 3.73. The van der Waals surface area contributed by atoms with Crippen LogP contribution in [-0.4, -0.2) is 13.0 Å². The molecule has 0 radical (unpaired) electrons. The molecule has 1 amide bonds. The smallest absolute Gasteiger partial charge is 0.251 e. The third-order valence-electron chi connectivity index (χ3n) is 4.65. The number of amides is 1. The Morgan fingerprint density at radius 2 is 1.83 bits per heavy atom. The molecular formula is C20H23NO2. The van der Waals surface area contributed by atoms with Crippen molar-refractivity contribution in [1.29, 1.82) is 0 Å². The highest BCUT2D eigenvalue weighted by Crippen LogP contribution is 2.35. The van der Waals surface area contributed by atoms with Gasteiger partial charge in [0, 0.05) is 5.56 Å². The summed E-state index contributed by atoms with van der Waals surface area (Å²) in [6.07, 6.45) is 4.86. The highest BCUT2D eigenvalue weighted by atomic mass is 16.5. The van der Waals surface area contributed by atoms with E-state index >= 15 is 0 Å². The summed E-state index contributed by atoms with van der Waals surface area (Å²) in [5.74, 6) is 1.19. The molecule has 1 aliphatic carbocycles. The van der Waals surface area contributed by atoms with Gasteiger partial charge in [0.25, 0.3) is 5.91 Å². The maximum Gasteiger partial charge on any atom is 0.251 e. The van der Waals surface area contributed by atoms with Gasteiger partial charge >= 0.3 is 0 Å². The molecule has 23 heavy (non-hydrogen) atoms. The predicted molar refractivity (Wildman–Crippen MR) is 91.6 cm³/mol. The molecule has 2 aromatic rings. The molecule has 0 spiro atoms. The zero-order valence-corrected chi connectivity index (χ0v) is 13.5. The van der Waals surface area contributed by atoms with Gasteiger partial charge in [0.15, 0.2) is 0 Å². The van der Waals surface area contributed by atoms with Crippen LogP contribution in [0.4, 0.5) is 0 Å². The Morgan fingerprint density at radius 3 is 2.52 bits per heavy atom. The van der Waals surface area contributed by atoms with Gasteiger partial charge in [-0.3, -0.25) is 4.79 Å². The molecule has 1 N–H and O–H groups in total. The number of methoxy groups -OCH3 is 1. The number of ether oxygens (including phenoxy) is 1. The molecule has 0 aromatic heterocycles. The van der Waals surface area contributed by atoms with Crippen molar-refractivity contribution < 1.29 is 9.53 Å². The van der Waals surface area contributed by atoms with E-state index in [4.69, 9.17) is 4.74 Å². The zero-order valence-electron chi connectivity index (χ0n) is 13.5. The summed E-state index contributed by atoms with van der Waals surface area (Å²) in [5, 5.41) is 3.25. The number of rotatable bonds is 5. The molecule has 0 aliphatic heterocycles. The fourth-order valence-electron chi connectivity index (χ4n) is 3.41. The number of hydrogen-bond acceptors (Lipinski definition) is 2. The molecule has 3 nitrogen and oxygen atoms in total. The first-order valence-corrected chi connectivity index (χ1v) is 8.28. The average Bonchev–Trinajstić information content (AvgIpc) is 3.14. The van der Waals surface area contributed by atoms with Crippen molar-refractivity contribution in [2.45, 2.75) is 31.7 Å². The molecule has 1 atom stereocenters. The number of benzene rings is 2. The Hall–Kier alpha value is -2.29. The minimum absolute atomic E-state index is 0.0374. The summed E-state index contributed by atoms with van der Waals surface area (Å²) in [6.45, 7) is 0. The van der Waals surface area contributed by atoms with Gasteiger partial charge in [-0.15, -0.1) is 0 Å². The first-order valence-electron chi connectivity index (χ1n) is 8.28. The lowest BCUT2D eigenvalue weighted by molar-refractivity contribution is 0.0921. The van der Waals surface area contributed by atoms with E-state index < -0.39 is 0 Å². The molecule has 0 saturated heterocycles. The van der Waals surface area contributed by atoms with Crippen molar-refractivity contribution in [1.82, 2.24) is 5.32 Å². The van der Waals surface area contributed by atoms with Crippen molar-refractivity contribution in [3.05, 3.63) is 65.7 Å². The van der Waals surface area contributed by atoms with Gasteiger partial charge in [0.1, 0.15) is 5.75 Å². The van der Waals surface area contributed by atoms with E-state index in [-0.39, 0.29) is 11.9 Å². The second-order valence-electron chi connectivity index (χ2n) is 6.14. The molecule has 1 saturated carbocycles. The van der Waals surface area contributed by atoms with E-state index in [0.29, 0.717) is 17.2 Å². The van der Waals surface area contributed by atoms with Crippen molar-refractivity contribution in [3.8, 4) is 5.75 Å². The van der Waals surface area contributed by atoms with E-state index in [1.807, 2.05) is 36.4 Å². The number of hydrogen-bond donors (Lipinski definition) is 1. The van der Waals surface area contributed by atoms with E-state index in [1.165, 1.54) is 31.2 Å². The topological polar surface area (TPSA) is 38.3 Å². The molecule has 3 rings (SSSR count). The molecule has 2 aromatic carbocycles. The van der Waals surface area contributed by atoms with Gasteiger partial charge in [0.05, 0.1) is 13.2 Å². The lowest BCUT2D eigenvalue weighted by atomic mass is 9.91. The second kappa shape index (κ2) is 7.32. The van der Waals surface area contributed by atoms with E-state index in [1.54, 1.807) is 13.2 Å². The molecule has 3 heteroatoms. The monoisotopic (exact) mass is 309 g/mol. The number of nitrogens with one attached hydrogen (secondary N) is 1. The molecular weight excluding hydrogens is 286 g/mol. The van der Waals surface area contributed by atoms with Crippen molar-refractivity contribution in [2.24, 2.45) is 5.92 Å². The van der Waals surface area contributed by atoms with E-state index in [0.717, 1.165) is 0 Å². The maximum absolute atomic E-state index is 12.7. The average molecular weight is 309 g/mol. The fraction of sp³-hybridized carbons (Fsp3) is 0.350. The lowest BCUT2D eigenvalue weighted by Gasteiger charge is -2.25. The van der Waals surface area contributed by atoms with Crippen LogP contribution in [0.1, 0.15) is 47.6 Å². The van der Waals surface area contributed by atoms with Gasteiger partial charge in [-0.05, 0) is 42.5 Å². The minimum atomic E-state index is -0.0374. The Morgan fingerprint density at radius 1 is 1.09 bits per heavy atom. The van der Waals surface area contributed by atoms with Gasteiger partial charge in [-0.1, -0.05) is 49.2 Å². The largest absolute Gasteiger partial charge is 0.497 e. The normalized spacial score (nSPS) is 16.0. The third-order valence-corrected chi connectivity index (χ3v) is 4.65. The van der Waals surface area contributed by atoms with Crippen molar-refractivity contribution >= 4 is 5.91 Å². The van der Waals surface area contributed by atoms with Crippen LogP contribution in [0, 0.1) is 5.92 Å². The zero-order chi connectivity index (χ0) is 16.1. The van der Waals surface area contributed by atoms with Crippen LogP contribution >= 0.6 is 0 Å². The standard InChI is InChI=1S/C20H23NO2/c1-23-18-13-7-12-17(14-18)20(22)21-19(16-10-5-6-11-16)15-8-3-2-4-9-15/h2-4,7-9,12-14,16,19H,5-6,10-11H2,1H3,(H,21,22)/t19-/m0/s1. The van der Waals surface area contributed by atoms with Crippen LogP contribution in [0.5, 0.6) is 5.75 Å². The minimum Gasteiger partial charge on any atom is -0.497 e. The van der Waals surface area contributed by atoms with Gasteiger partial charge < -0.3 is 10.1 Å². The van der Waals surface area contributed by atoms with Gasteiger partial charge in [-0.2, -0.15) is 0 Å². The van der Waals surface area contributed by atoms with E-state index in [2.05, 4.69) is 17.4 Å². The Balaban J connectivity index is 1.81. The van der Waals surface area contributed by atoms with Crippen LogP contribution in [-0.2, 0) is 0 Å². The first kappa shape index (κ1) is 15.6. The Kier molecular flexibility index (Phi) is 4.96. The Labute approximate surface area is 137 Å². The summed E-state index contributed by atoms with van der Waals surface area (Å²) < 4.78 is 5.21.